The third-order valence-electron chi connectivity index (χ3n) is 2.02. The number of nitrogens with one attached hydrogen (secondary N) is 2. The van der Waals surface area contributed by atoms with Gasteiger partial charge in [0.05, 0.1) is 18.5 Å². The molecule has 8 heteroatoms. The van der Waals surface area contributed by atoms with Crippen LogP contribution in [-0.2, 0) is 4.74 Å². The second kappa shape index (κ2) is 7.70. The van der Waals surface area contributed by atoms with E-state index in [9.17, 15) is 4.79 Å². The van der Waals surface area contributed by atoms with Crippen molar-refractivity contribution in [3.63, 3.8) is 0 Å². The second-order valence-corrected chi connectivity index (χ2v) is 4.59. The van der Waals surface area contributed by atoms with E-state index in [-0.39, 0.29) is 5.11 Å². The van der Waals surface area contributed by atoms with Crippen LogP contribution in [0.4, 0.5) is 16.2 Å². The van der Waals surface area contributed by atoms with Gasteiger partial charge in [-0.2, -0.15) is 0 Å². The molecule has 0 heterocycles. The monoisotopic (exact) mass is 301 g/mol. The number of hydrogen-bond donors (Lipinski definition) is 3. The van der Waals surface area contributed by atoms with Crippen molar-refractivity contribution in [2.24, 2.45) is 0 Å². The molecule has 1 rings (SSSR count). The Morgan fingerprint density at radius 2 is 2.26 bits per heavy atom. The van der Waals surface area contributed by atoms with Crippen LogP contribution >= 0.6 is 24.0 Å². The van der Waals surface area contributed by atoms with Crippen molar-refractivity contribution >= 4 is 46.6 Å². The van der Waals surface area contributed by atoms with Crippen LogP contribution in [0.1, 0.15) is 0 Å². The highest BCUT2D eigenvalue weighted by molar-refractivity contribution is 7.98. The number of nitrogens with two attached hydrogens (primary N) is 1. The number of carbonyl (C=O) groups excluding carboxylic acids is 1. The average molecular weight is 301 g/mol. The molecular formula is C11H15N3O3S2. The van der Waals surface area contributed by atoms with Crippen LogP contribution in [0.2, 0.25) is 0 Å². The summed E-state index contributed by atoms with van der Waals surface area (Å²) < 4.78 is 9.83. The number of thioether (sulfide) groups is 1. The maximum atomic E-state index is 11.0. The predicted octanol–water partition coefficient (Wildman–Crippen LogP) is 2.02. The van der Waals surface area contributed by atoms with Crippen LogP contribution in [0.5, 0.6) is 5.75 Å². The van der Waals surface area contributed by atoms with E-state index in [0.29, 0.717) is 23.1 Å². The van der Waals surface area contributed by atoms with Crippen molar-refractivity contribution in [1.82, 2.24) is 5.32 Å². The Kier molecular flexibility index (Phi) is 6.23. The number of carbonyl (C=O) groups is 1. The lowest BCUT2D eigenvalue weighted by atomic mass is 10.2. The zero-order valence-corrected chi connectivity index (χ0v) is 12.2. The molecule has 0 aliphatic heterocycles. The Morgan fingerprint density at radius 3 is 2.84 bits per heavy atom. The van der Waals surface area contributed by atoms with E-state index in [1.807, 2.05) is 6.26 Å². The van der Waals surface area contributed by atoms with E-state index in [0.717, 1.165) is 0 Å². The summed E-state index contributed by atoms with van der Waals surface area (Å²) in [5.41, 5.74) is 6.90. The smallest absolute Gasteiger partial charge is 0.413 e. The summed E-state index contributed by atoms with van der Waals surface area (Å²) in [5, 5.41) is 5.22. The average Bonchev–Trinajstić information content (AvgIpc) is 2.39. The zero-order chi connectivity index (χ0) is 14.3. The lowest BCUT2D eigenvalue weighted by molar-refractivity contribution is 0.177. The number of methoxy groups -OCH3 is 1. The number of nitrogen functional groups attached to an aromatic ring is 1. The summed E-state index contributed by atoms with van der Waals surface area (Å²) in [6.45, 7) is 0. The number of rotatable bonds is 4. The number of thiocarbonyl (C=S) groups is 1. The van der Waals surface area contributed by atoms with Gasteiger partial charge in [-0.1, -0.05) is 0 Å². The van der Waals surface area contributed by atoms with Gasteiger partial charge in [0.25, 0.3) is 0 Å². The first kappa shape index (κ1) is 15.4. The van der Waals surface area contributed by atoms with Gasteiger partial charge in [-0.15, -0.1) is 11.8 Å². The van der Waals surface area contributed by atoms with Crippen molar-refractivity contribution < 1.29 is 14.3 Å². The maximum absolute atomic E-state index is 11.0. The molecule has 0 fully saturated rings. The number of amides is 1. The quantitative estimate of drug-likeness (QED) is 0.445. The third kappa shape index (κ3) is 5.23. The van der Waals surface area contributed by atoms with Crippen LogP contribution in [0, 0.1) is 0 Å². The van der Waals surface area contributed by atoms with Crippen molar-refractivity contribution in [3.05, 3.63) is 18.2 Å². The minimum Gasteiger partial charge on any atom is -0.483 e. The summed E-state index contributed by atoms with van der Waals surface area (Å²) in [6.07, 6.45) is 1.30. The highest BCUT2D eigenvalue weighted by Gasteiger charge is 2.06. The standard InChI is InChI=1S/C11H15N3O3S2/c1-16-11(15)14-10(18)13-9-4-3-7(5-8(9)12)17-6-19-2/h3-5H,6,12H2,1-2H3,(H2,13,14,15,18). The first-order valence-corrected chi connectivity index (χ1v) is 7.04. The Labute approximate surface area is 121 Å². The van der Waals surface area contributed by atoms with Gasteiger partial charge in [0, 0.05) is 6.07 Å². The second-order valence-electron chi connectivity index (χ2n) is 3.37. The van der Waals surface area contributed by atoms with Gasteiger partial charge >= 0.3 is 6.09 Å². The normalized spacial score (nSPS) is 9.58. The van der Waals surface area contributed by atoms with Crippen LogP contribution < -0.4 is 21.1 Å². The molecule has 4 N–H and O–H groups in total. The number of anilines is 2. The van der Waals surface area contributed by atoms with Gasteiger partial charge in [-0.3, -0.25) is 5.32 Å². The number of benzene rings is 1. The lowest BCUT2D eigenvalue weighted by Gasteiger charge is -2.12. The molecule has 0 saturated heterocycles. The van der Waals surface area contributed by atoms with Crippen molar-refractivity contribution in [3.8, 4) is 5.75 Å². The molecule has 1 aromatic carbocycles. The lowest BCUT2D eigenvalue weighted by Crippen LogP contribution is -2.34. The van der Waals surface area contributed by atoms with Gasteiger partial charge in [-0.05, 0) is 30.6 Å². The molecule has 0 unspecified atom stereocenters. The predicted molar refractivity (Wildman–Crippen MR) is 81.6 cm³/mol. The van der Waals surface area contributed by atoms with Crippen molar-refractivity contribution in [2.45, 2.75) is 0 Å². The fraction of sp³-hybridized carbons (Fsp3) is 0.273. The van der Waals surface area contributed by atoms with Gasteiger partial charge in [0.2, 0.25) is 0 Å². The highest BCUT2D eigenvalue weighted by Crippen LogP contribution is 2.24. The highest BCUT2D eigenvalue weighted by atomic mass is 32.2. The van der Waals surface area contributed by atoms with Gasteiger partial charge in [-0.25, -0.2) is 4.79 Å². The molecule has 0 spiro atoms. The first-order valence-electron chi connectivity index (χ1n) is 5.24. The first-order chi connectivity index (χ1) is 9.06. The molecule has 0 aliphatic carbocycles. The summed E-state index contributed by atoms with van der Waals surface area (Å²) in [7, 11) is 1.25. The number of hydrogen-bond acceptors (Lipinski definition) is 6. The molecule has 0 bridgehead atoms. The van der Waals surface area contributed by atoms with Gasteiger partial charge in [0.1, 0.15) is 11.7 Å². The van der Waals surface area contributed by atoms with E-state index in [1.165, 1.54) is 7.11 Å². The summed E-state index contributed by atoms with van der Waals surface area (Å²) >= 11 is 6.49. The Hall–Kier alpha value is -1.67. The van der Waals surface area contributed by atoms with E-state index in [1.54, 1.807) is 30.0 Å². The number of ether oxygens (including phenoxy) is 2. The SMILES string of the molecule is COC(=O)NC(=S)Nc1ccc(OCSC)cc1N. The molecule has 19 heavy (non-hydrogen) atoms. The fourth-order valence-electron chi connectivity index (χ4n) is 1.17. The molecule has 6 nitrogen and oxygen atoms in total. The van der Waals surface area contributed by atoms with E-state index in [2.05, 4.69) is 15.4 Å². The van der Waals surface area contributed by atoms with E-state index < -0.39 is 6.09 Å². The van der Waals surface area contributed by atoms with Gasteiger partial charge in [0.15, 0.2) is 5.11 Å². The van der Waals surface area contributed by atoms with E-state index >= 15 is 0 Å². The van der Waals surface area contributed by atoms with E-state index in [4.69, 9.17) is 22.7 Å². The largest absolute Gasteiger partial charge is 0.483 e. The Morgan fingerprint density at radius 1 is 1.53 bits per heavy atom. The van der Waals surface area contributed by atoms with Crippen LogP contribution in [0.25, 0.3) is 0 Å². The Bertz CT molecular complexity index is 468. The minimum atomic E-state index is -0.643. The van der Waals surface area contributed by atoms with Crippen LogP contribution in [0.15, 0.2) is 18.2 Å². The fourth-order valence-corrected chi connectivity index (χ4v) is 1.62. The summed E-state index contributed by atoms with van der Waals surface area (Å²) in [5.74, 6) is 1.22. The number of alkyl carbamates (subject to hydrolysis) is 1. The summed E-state index contributed by atoms with van der Waals surface area (Å²) in [4.78, 5) is 11.0. The van der Waals surface area contributed by atoms with Crippen LogP contribution in [-0.4, -0.2) is 30.5 Å². The molecule has 0 radical (unpaired) electrons. The Balaban J connectivity index is 2.64. The molecular weight excluding hydrogens is 286 g/mol. The summed E-state index contributed by atoms with van der Waals surface area (Å²) in [6, 6.07) is 5.16. The molecule has 1 aromatic rings. The molecule has 0 aromatic heterocycles. The molecule has 0 saturated carbocycles. The molecule has 0 atom stereocenters. The molecule has 104 valence electrons. The van der Waals surface area contributed by atoms with Crippen molar-refractivity contribution in [1.29, 1.82) is 0 Å². The minimum absolute atomic E-state index is 0.108. The van der Waals surface area contributed by atoms with Crippen molar-refractivity contribution in [2.75, 3.05) is 30.4 Å². The van der Waals surface area contributed by atoms with Gasteiger partial charge < -0.3 is 20.5 Å². The zero-order valence-electron chi connectivity index (χ0n) is 10.6. The topological polar surface area (TPSA) is 85.6 Å². The molecule has 0 aliphatic rings. The van der Waals surface area contributed by atoms with Crippen LogP contribution in [0.3, 0.4) is 0 Å². The third-order valence-corrected chi connectivity index (χ3v) is 2.57. The molecule has 1 amide bonds. The maximum Gasteiger partial charge on any atom is 0.413 e.